The van der Waals surface area contributed by atoms with Crippen LogP contribution in [0.2, 0.25) is 0 Å². The van der Waals surface area contributed by atoms with Crippen molar-refractivity contribution in [2.75, 3.05) is 6.54 Å². The Hall–Kier alpha value is -1.42. The van der Waals surface area contributed by atoms with Crippen LogP contribution >= 0.6 is 0 Å². The minimum Gasteiger partial charge on any atom is -0.369 e. The van der Waals surface area contributed by atoms with Crippen LogP contribution in [0, 0.1) is 0 Å². The Morgan fingerprint density at radius 2 is 2.43 bits per heavy atom. The van der Waals surface area contributed by atoms with E-state index in [0.717, 1.165) is 12.1 Å². The molecule has 0 bridgehead atoms. The number of hydrogen-bond acceptors (Lipinski definition) is 3. The van der Waals surface area contributed by atoms with Crippen LogP contribution in [0.3, 0.4) is 0 Å². The number of carbonyl (C=O) groups is 1. The standard InChI is InChI=1S/C10H15N3O/c1-2-8-3-4-13-9(5-8)6-12-7-10(11)14/h3-5,12H,2,6-7H2,1H3,(H2,11,14). The Balaban J connectivity index is 2.46. The van der Waals surface area contributed by atoms with Gasteiger partial charge >= 0.3 is 0 Å². The Bertz CT molecular complexity index is 312. The molecule has 0 aliphatic rings. The zero-order valence-electron chi connectivity index (χ0n) is 8.29. The molecule has 1 aromatic heterocycles. The van der Waals surface area contributed by atoms with E-state index < -0.39 is 0 Å². The van der Waals surface area contributed by atoms with Gasteiger partial charge < -0.3 is 11.1 Å². The number of hydrogen-bond donors (Lipinski definition) is 2. The first-order valence-corrected chi connectivity index (χ1v) is 4.65. The number of rotatable bonds is 5. The lowest BCUT2D eigenvalue weighted by molar-refractivity contribution is -0.117. The van der Waals surface area contributed by atoms with E-state index in [4.69, 9.17) is 5.73 Å². The molecule has 4 heteroatoms. The predicted octanol–water partition coefficient (Wildman–Crippen LogP) is 0.219. The van der Waals surface area contributed by atoms with Crippen LogP contribution in [0.25, 0.3) is 0 Å². The Labute approximate surface area is 83.5 Å². The summed E-state index contributed by atoms with van der Waals surface area (Å²) in [5.41, 5.74) is 7.17. The van der Waals surface area contributed by atoms with Crippen molar-refractivity contribution in [2.45, 2.75) is 19.9 Å². The minimum atomic E-state index is -0.350. The van der Waals surface area contributed by atoms with Gasteiger partial charge in [0.05, 0.1) is 12.2 Å². The predicted molar refractivity (Wildman–Crippen MR) is 54.5 cm³/mol. The third-order valence-corrected chi connectivity index (χ3v) is 1.89. The van der Waals surface area contributed by atoms with Crippen LogP contribution < -0.4 is 11.1 Å². The Kier molecular flexibility index (Phi) is 4.07. The van der Waals surface area contributed by atoms with E-state index in [1.165, 1.54) is 5.56 Å². The number of carbonyl (C=O) groups excluding carboxylic acids is 1. The molecule has 0 aliphatic heterocycles. The summed E-state index contributed by atoms with van der Waals surface area (Å²) in [5.74, 6) is -0.350. The molecule has 0 aliphatic carbocycles. The third-order valence-electron chi connectivity index (χ3n) is 1.89. The average molecular weight is 193 g/mol. The molecule has 0 aromatic carbocycles. The molecule has 1 aromatic rings. The van der Waals surface area contributed by atoms with Crippen LogP contribution in [0.5, 0.6) is 0 Å². The van der Waals surface area contributed by atoms with E-state index in [1.807, 2.05) is 12.1 Å². The van der Waals surface area contributed by atoms with E-state index in [1.54, 1.807) is 6.20 Å². The average Bonchev–Trinajstić information content (AvgIpc) is 2.18. The van der Waals surface area contributed by atoms with E-state index in [-0.39, 0.29) is 12.5 Å². The van der Waals surface area contributed by atoms with E-state index >= 15 is 0 Å². The summed E-state index contributed by atoms with van der Waals surface area (Å²) < 4.78 is 0. The van der Waals surface area contributed by atoms with Crippen molar-refractivity contribution in [1.29, 1.82) is 0 Å². The lowest BCUT2D eigenvalue weighted by atomic mass is 10.2. The second-order valence-electron chi connectivity index (χ2n) is 3.08. The van der Waals surface area contributed by atoms with Crippen LogP contribution in [0.15, 0.2) is 18.3 Å². The monoisotopic (exact) mass is 193 g/mol. The van der Waals surface area contributed by atoms with Gasteiger partial charge in [-0.3, -0.25) is 9.78 Å². The second-order valence-corrected chi connectivity index (χ2v) is 3.08. The van der Waals surface area contributed by atoms with Crippen molar-refractivity contribution < 1.29 is 4.79 Å². The third kappa shape index (κ3) is 3.53. The van der Waals surface area contributed by atoms with Crippen LogP contribution in [0.4, 0.5) is 0 Å². The SMILES string of the molecule is CCc1ccnc(CNCC(N)=O)c1. The highest BCUT2D eigenvalue weighted by atomic mass is 16.1. The maximum absolute atomic E-state index is 10.5. The molecule has 0 saturated carbocycles. The highest BCUT2D eigenvalue weighted by molar-refractivity contribution is 5.75. The maximum Gasteiger partial charge on any atom is 0.231 e. The van der Waals surface area contributed by atoms with Crippen molar-refractivity contribution >= 4 is 5.91 Å². The Morgan fingerprint density at radius 3 is 3.07 bits per heavy atom. The van der Waals surface area contributed by atoms with Crippen LogP contribution in [0.1, 0.15) is 18.2 Å². The van der Waals surface area contributed by atoms with Gasteiger partial charge in [0.25, 0.3) is 0 Å². The molecule has 76 valence electrons. The first-order chi connectivity index (χ1) is 6.72. The molecule has 0 unspecified atom stereocenters. The summed E-state index contributed by atoms with van der Waals surface area (Å²) in [6.07, 6.45) is 2.77. The fraction of sp³-hybridized carbons (Fsp3) is 0.400. The molecule has 0 spiro atoms. The van der Waals surface area contributed by atoms with Gasteiger partial charge in [-0.2, -0.15) is 0 Å². The maximum atomic E-state index is 10.5. The van der Waals surface area contributed by atoms with Crippen LogP contribution in [-0.4, -0.2) is 17.4 Å². The van der Waals surface area contributed by atoms with Crippen molar-refractivity contribution in [2.24, 2.45) is 5.73 Å². The molecule has 4 nitrogen and oxygen atoms in total. The molecule has 1 amide bonds. The lowest BCUT2D eigenvalue weighted by Crippen LogP contribution is -2.28. The van der Waals surface area contributed by atoms with Gasteiger partial charge in [-0.1, -0.05) is 6.92 Å². The summed E-state index contributed by atoms with van der Waals surface area (Å²) in [6, 6.07) is 4.01. The van der Waals surface area contributed by atoms with E-state index in [9.17, 15) is 4.79 Å². The Morgan fingerprint density at radius 1 is 1.64 bits per heavy atom. The number of aryl methyl sites for hydroxylation is 1. The van der Waals surface area contributed by atoms with Gasteiger partial charge in [0.2, 0.25) is 5.91 Å². The molecule has 14 heavy (non-hydrogen) atoms. The minimum absolute atomic E-state index is 0.192. The zero-order chi connectivity index (χ0) is 10.4. The van der Waals surface area contributed by atoms with Gasteiger partial charge in [-0.25, -0.2) is 0 Å². The van der Waals surface area contributed by atoms with Gasteiger partial charge in [-0.15, -0.1) is 0 Å². The summed E-state index contributed by atoms with van der Waals surface area (Å²) >= 11 is 0. The number of nitrogens with one attached hydrogen (secondary N) is 1. The second kappa shape index (κ2) is 5.34. The quantitative estimate of drug-likeness (QED) is 0.703. The normalized spacial score (nSPS) is 10.1. The van der Waals surface area contributed by atoms with Crippen molar-refractivity contribution in [3.63, 3.8) is 0 Å². The fourth-order valence-corrected chi connectivity index (χ4v) is 1.16. The lowest BCUT2D eigenvalue weighted by Gasteiger charge is -2.03. The zero-order valence-corrected chi connectivity index (χ0v) is 8.29. The molecule has 3 N–H and O–H groups in total. The largest absolute Gasteiger partial charge is 0.369 e. The number of pyridine rings is 1. The van der Waals surface area contributed by atoms with Crippen molar-refractivity contribution in [1.82, 2.24) is 10.3 Å². The summed E-state index contributed by atoms with van der Waals surface area (Å²) in [7, 11) is 0. The topological polar surface area (TPSA) is 68.0 Å². The molecular weight excluding hydrogens is 178 g/mol. The fourth-order valence-electron chi connectivity index (χ4n) is 1.16. The summed E-state index contributed by atoms with van der Waals surface area (Å²) in [6.45, 7) is 2.87. The highest BCUT2D eigenvalue weighted by Crippen LogP contribution is 2.01. The van der Waals surface area contributed by atoms with Crippen LogP contribution in [-0.2, 0) is 17.8 Å². The molecular formula is C10H15N3O. The van der Waals surface area contributed by atoms with E-state index in [0.29, 0.717) is 6.54 Å². The summed E-state index contributed by atoms with van der Waals surface area (Å²) in [4.78, 5) is 14.6. The molecule has 0 saturated heterocycles. The van der Waals surface area contributed by atoms with Gasteiger partial charge in [0.15, 0.2) is 0 Å². The molecule has 1 rings (SSSR count). The smallest absolute Gasteiger partial charge is 0.231 e. The molecule has 0 fully saturated rings. The highest BCUT2D eigenvalue weighted by Gasteiger charge is 1.97. The molecule has 0 radical (unpaired) electrons. The number of nitrogens with two attached hydrogens (primary N) is 1. The number of aromatic nitrogens is 1. The molecule has 0 atom stereocenters. The number of amides is 1. The van der Waals surface area contributed by atoms with Gasteiger partial charge in [-0.05, 0) is 24.1 Å². The van der Waals surface area contributed by atoms with Gasteiger partial charge in [0, 0.05) is 12.7 Å². The first-order valence-electron chi connectivity index (χ1n) is 4.65. The molecule has 1 heterocycles. The van der Waals surface area contributed by atoms with Crippen molar-refractivity contribution in [3.8, 4) is 0 Å². The first kappa shape index (κ1) is 10.7. The van der Waals surface area contributed by atoms with E-state index in [2.05, 4.69) is 17.2 Å². The van der Waals surface area contributed by atoms with Gasteiger partial charge in [0.1, 0.15) is 0 Å². The number of primary amides is 1. The summed E-state index contributed by atoms with van der Waals surface area (Å²) in [5, 5.41) is 2.92. The number of nitrogens with zero attached hydrogens (tertiary/aromatic N) is 1. The van der Waals surface area contributed by atoms with Crippen molar-refractivity contribution in [3.05, 3.63) is 29.6 Å².